The number of carbonyl (C=O) groups is 1. The molecule has 3 heteroatoms. The summed E-state index contributed by atoms with van der Waals surface area (Å²) in [7, 11) is 0. The van der Waals surface area contributed by atoms with Gasteiger partial charge < -0.3 is 9.84 Å². The third-order valence-corrected chi connectivity index (χ3v) is 2.48. The predicted molar refractivity (Wildman–Crippen MR) is 62.2 cm³/mol. The van der Waals surface area contributed by atoms with E-state index in [9.17, 15) is 4.79 Å². The Balaban J connectivity index is 2.26. The third kappa shape index (κ3) is 4.45. The van der Waals surface area contributed by atoms with Crippen LogP contribution < -0.4 is 0 Å². The van der Waals surface area contributed by atoms with Crippen molar-refractivity contribution in [3.05, 3.63) is 35.9 Å². The fraction of sp³-hybridized carbons (Fsp3) is 0.462. The molecule has 1 atom stereocenters. The van der Waals surface area contributed by atoms with Crippen LogP contribution in [0.5, 0.6) is 0 Å². The average Bonchev–Trinajstić information content (AvgIpc) is 2.30. The van der Waals surface area contributed by atoms with Crippen LogP contribution in [-0.2, 0) is 4.74 Å². The standard InChI is InChI=1S/C13H18O3/c1-11(7-9-14)8-10-16-13(15)12-5-3-2-4-6-12/h2-6,11,14H,7-10H2,1H3. The minimum absolute atomic E-state index is 0.188. The molecule has 1 aromatic carbocycles. The maximum atomic E-state index is 11.5. The number of benzene rings is 1. The highest BCUT2D eigenvalue weighted by Gasteiger charge is 2.07. The predicted octanol–water partition coefficient (Wildman–Crippen LogP) is 2.25. The fourth-order valence-corrected chi connectivity index (χ4v) is 1.38. The summed E-state index contributed by atoms with van der Waals surface area (Å²) in [6.07, 6.45) is 1.54. The summed E-state index contributed by atoms with van der Waals surface area (Å²) in [5.74, 6) is 0.102. The molecule has 1 aromatic rings. The highest BCUT2D eigenvalue weighted by atomic mass is 16.5. The molecule has 0 aliphatic heterocycles. The molecule has 0 radical (unpaired) electrons. The van der Waals surface area contributed by atoms with Gasteiger partial charge in [-0.15, -0.1) is 0 Å². The number of ether oxygens (including phenoxy) is 1. The molecule has 0 aliphatic rings. The van der Waals surface area contributed by atoms with E-state index in [1.165, 1.54) is 0 Å². The monoisotopic (exact) mass is 222 g/mol. The van der Waals surface area contributed by atoms with Gasteiger partial charge in [0, 0.05) is 6.61 Å². The molecule has 1 rings (SSSR count). The van der Waals surface area contributed by atoms with Gasteiger partial charge in [-0.25, -0.2) is 4.79 Å². The summed E-state index contributed by atoms with van der Waals surface area (Å²) < 4.78 is 5.12. The largest absolute Gasteiger partial charge is 0.462 e. The lowest BCUT2D eigenvalue weighted by molar-refractivity contribution is 0.0481. The summed E-state index contributed by atoms with van der Waals surface area (Å²) in [5, 5.41) is 8.72. The van der Waals surface area contributed by atoms with Gasteiger partial charge in [0.2, 0.25) is 0 Å². The minimum atomic E-state index is -0.281. The van der Waals surface area contributed by atoms with E-state index in [0.29, 0.717) is 18.1 Å². The second-order valence-electron chi connectivity index (χ2n) is 3.91. The molecule has 1 unspecified atom stereocenters. The molecule has 3 nitrogen and oxygen atoms in total. The zero-order valence-electron chi connectivity index (χ0n) is 9.56. The van der Waals surface area contributed by atoms with E-state index in [2.05, 4.69) is 0 Å². The lowest BCUT2D eigenvalue weighted by atomic mass is 10.1. The van der Waals surface area contributed by atoms with E-state index in [1.54, 1.807) is 12.1 Å². The third-order valence-electron chi connectivity index (χ3n) is 2.48. The minimum Gasteiger partial charge on any atom is -0.462 e. The van der Waals surface area contributed by atoms with E-state index in [4.69, 9.17) is 9.84 Å². The number of aliphatic hydroxyl groups excluding tert-OH is 1. The zero-order valence-corrected chi connectivity index (χ0v) is 9.56. The number of carbonyl (C=O) groups excluding carboxylic acids is 1. The first-order chi connectivity index (χ1) is 7.74. The van der Waals surface area contributed by atoms with Gasteiger partial charge in [0.1, 0.15) is 0 Å². The topological polar surface area (TPSA) is 46.5 Å². The number of hydrogen-bond donors (Lipinski definition) is 1. The molecule has 0 spiro atoms. The SMILES string of the molecule is CC(CCO)CCOC(=O)c1ccccc1. The lowest BCUT2D eigenvalue weighted by Crippen LogP contribution is -2.09. The van der Waals surface area contributed by atoms with Crippen molar-refractivity contribution < 1.29 is 14.6 Å². The van der Waals surface area contributed by atoms with Crippen molar-refractivity contribution in [1.29, 1.82) is 0 Å². The van der Waals surface area contributed by atoms with Crippen molar-refractivity contribution in [2.24, 2.45) is 5.92 Å². The zero-order chi connectivity index (χ0) is 11.8. The molecule has 0 fully saturated rings. The van der Waals surface area contributed by atoms with Crippen LogP contribution in [0.25, 0.3) is 0 Å². The van der Waals surface area contributed by atoms with Crippen LogP contribution in [0.1, 0.15) is 30.1 Å². The van der Waals surface area contributed by atoms with Crippen molar-refractivity contribution in [2.45, 2.75) is 19.8 Å². The normalized spacial score (nSPS) is 12.1. The van der Waals surface area contributed by atoms with Crippen LogP contribution in [0, 0.1) is 5.92 Å². The van der Waals surface area contributed by atoms with Gasteiger partial charge in [-0.1, -0.05) is 25.1 Å². The highest BCUT2D eigenvalue weighted by molar-refractivity contribution is 5.89. The molecule has 0 bridgehead atoms. The molecule has 0 amide bonds. The van der Waals surface area contributed by atoms with E-state index in [1.807, 2.05) is 25.1 Å². The van der Waals surface area contributed by atoms with Gasteiger partial charge in [-0.05, 0) is 30.9 Å². The Morgan fingerprint density at radius 1 is 1.31 bits per heavy atom. The average molecular weight is 222 g/mol. The molecular formula is C13H18O3. The molecule has 0 saturated heterocycles. The van der Waals surface area contributed by atoms with E-state index >= 15 is 0 Å². The Morgan fingerprint density at radius 2 is 2.00 bits per heavy atom. The maximum absolute atomic E-state index is 11.5. The molecule has 0 saturated carbocycles. The smallest absolute Gasteiger partial charge is 0.338 e. The summed E-state index contributed by atoms with van der Waals surface area (Å²) in [6, 6.07) is 8.95. The quantitative estimate of drug-likeness (QED) is 0.751. The Hall–Kier alpha value is -1.35. The van der Waals surface area contributed by atoms with Gasteiger partial charge in [-0.2, -0.15) is 0 Å². The van der Waals surface area contributed by atoms with E-state index < -0.39 is 0 Å². The lowest BCUT2D eigenvalue weighted by Gasteiger charge is -2.09. The number of hydrogen-bond acceptors (Lipinski definition) is 3. The first-order valence-corrected chi connectivity index (χ1v) is 5.57. The van der Waals surface area contributed by atoms with E-state index in [-0.39, 0.29) is 12.6 Å². The van der Waals surface area contributed by atoms with Crippen LogP contribution in [0.3, 0.4) is 0 Å². The van der Waals surface area contributed by atoms with Crippen molar-refractivity contribution in [2.75, 3.05) is 13.2 Å². The summed E-state index contributed by atoms with van der Waals surface area (Å²) >= 11 is 0. The Kier molecular flexibility index (Phi) is 5.57. The van der Waals surface area contributed by atoms with Crippen molar-refractivity contribution in [3.8, 4) is 0 Å². The number of rotatable bonds is 6. The highest BCUT2D eigenvalue weighted by Crippen LogP contribution is 2.08. The van der Waals surface area contributed by atoms with Crippen LogP contribution >= 0.6 is 0 Å². The van der Waals surface area contributed by atoms with Crippen LogP contribution in [0.2, 0.25) is 0 Å². The van der Waals surface area contributed by atoms with Crippen molar-refractivity contribution >= 4 is 5.97 Å². The summed E-state index contributed by atoms with van der Waals surface area (Å²) in [4.78, 5) is 11.5. The van der Waals surface area contributed by atoms with Gasteiger partial charge in [-0.3, -0.25) is 0 Å². The van der Waals surface area contributed by atoms with E-state index in [0.717, 1.165) is 12.8 Å². The molecular weight excluding hydrogens is 204 g/mol. The Morgan fingerprint density at radius 3 is 2.62 bits per heavy atom. The number of aliphatic hydroxyl groups is 1. The van der Waals surface area contributed by atoms with Gasteiger partial charge in [0.15, 0.2) is 0 Å². The molecule has 0 aliphatic carbocycles. The van der Waals surface area contributed by atoms with Crippen LogP contribution in [0.4, 0.5) is 0 Å². The molecule has 88 valence electrons. The second-order valence-corrected chi connectivity index (χ2v) is 3.91. The van der Waals surface area contributed by atoms with Gasteiger partial charge in [0.05, 0.1) is 12.2 Å². The van der Waals surface area contributed by atoms with Crippen molar-refractivity contribution in [3.63, 3.8) is 0 Å². The van der Waals surface area contributed by atoms with Gasteiger partial charge in [0.25, 0.3) is 0 Å². The van der Waals surface area contributed by atoms with Gasteiger partial charge >= 0.3 is 5.97 Å². The van der Waals surface area contributed by atoms with Crippen LogP contribution in [-0.4, -0.2) is 24.3 Å². The molecule has 16 heavy (non-hydrogen) atoms. The van der Waals surface area contributed by atoms with Crippen molar-refractivity contribution in [1.82, 2.24) is 0 Å². The molecule has 1 N–H and O–H groups in total. The maximum Gasteiger partial charge on any atom is 0.338 e. The second kappa shape index (κ2) is 7.01. The first kappa shape index (κ1) is 12.7. The summed E-state index contributed by atoms with van der Waals surface area (Å²) in [6.45, 7) is 2.63. The fourth-order valence-electron chi connectivity index (χ4n) is 1.38. The summed E-state index contributed by atoms with van der Waals surface area (Å²) in [5.41, 5.74) is 0.581. The molecule has 0 heterocycles. The Labute approximate surface area is 96.1 Å². The van der Waals surface area contributed by atoms with Crippen LogP contribution in [0.15, 0.2) is 30.3 Å². The Bertz CT molecular complexity index is 308. The first-order valence-electron chi connectivity index (χ1n) is 5.57. The number of esters is 1. The molecule has 0 aromatic heterocycles.